The maximum Gasteiger partial charge on any atom is 0.191 e. The van der Waals surface area contributed by atoms with Crippen LogP contribution in [-0.4, -0.2) is 56.6 Å². The average molecular weight is 356 g/mol. The molecule has 0 spiro atoms. The van der Waals surface area contributed by atoms with Gasteiger partial charge in [0.15, 0.2) is 5.96 Å². The summed E-state index contributed by atoms with van der Waals surface area (Å²) in [5, 5.41) is 18.9. The van der Waals surface area contributed by atoms with Crippen molar-refractivity contribution in [1.29, 1.82) is 0 Å². The number of guanidine groups is 1. The van der Waals surface area contributed by atoms with Gasteiger partial charge in [-0.15, -0.1) is 11.3 Å². The number of aliphatic hydroxyl groups is 1. The Morgan fingerprint density at radius 3 is 3.08 bits per heavy atom. The lowest BCUT2D eigenvalue weighted by Crippen LogP contribution is -2.40. The summed E-state index contributed by atoms with van der Waals surface area (Å²) in [7, 11) is 0. The third-order valence-corrected chi connectivity index (χ3v) is 4.93. The van der Waals surface area contributed by atoms with Gasteiger partial charge < -0.3 is 25.2 Å². The first-order valence-electron chi connectivity index (χ1n) is 8.59. The summed E-state index contributed by atoms with van der Waals surface area (Å²) in [6, 6.07) is 3.87. The Balaban J connectivity index is 1.71. The third kappa shape index (κ3) is 6.39. The molecule has 136 valence electrons. The summed E-state index contributed by atoms with van der Waals surface area (Å²) in [6.45, 7) is 7.66. The molecule has 1 aliphatic rings. The molecule has 6 nitrogen and oxygen atoms in total. The topological polar surface area (TPSA) is 75.1 Å². The number of rotatable bonds is 9. The van der Waals surface area contributed by atoms with E-state index in [4.69, 9.17) is 9.47 Å². The van der Waals surface area contributed by atoms with Crippen molar-refractivity contribution in [2.24, 2.45) is 4.99 Å². The van der Waals surface area contributed by atoms with Crippen molar-refractivity contribution < 1.29 is 14.6 Å². The van der Waals surface area contributed by atoms with Gasteiger partial charge in [-0.25, -0.2) is 4.99 Å². The molecule has 0 saturated carbocycles. The van der Waals surface area contributed by atoms with E-state index < -0.39 is 5.60 Å². The van der Waals surface area contributed by atoms with Crippen LogP contribution in [0.1, 0.15) is 31.6 Å². The van der Waals surface area contributed by atoms with Gasteiger partial charge in [-0.2, -0.15) is 0 Å². The van der Waals surface area contributed by atoms with Gasteiger partial charge >= 0.3 is 0 Å². The van der Waals surface area contributed by atoms with Crippen molar-refractivity contribution in [3.63, 3.8) is 0 Å². The van der Waals surface area contributed by atoms with Crippen molar-refractivity contribution >= 4 is 17.3 Å². The average Bonchev–Trinajstić information content (AvgIpc) is 3.25. The predicted octanol–water partition coefficient (Wildman–Crippen LogP) is 1.71. The first-order valence-corrected chi connectivity index (χ1v) is 9.47. The summed E-state index contributed by atoms with van der Waals surface area (Å²) in [4.78, 5) is 5.41. The SMILES string of the molecule is CCNC(=NCC(C)(O)c1cccs1)NCCOCC1CCCO1. The van der Waals surface area contributed by atoms with Gasteiger partial charge in [0.1, 0.15) is 5.60 Å². The minimum Gasteiger partial charge on any atom is -0.383 e. The highest BCUT2D eigenvalue weighted by Crippen LogP contribution is 2.25. The first-order chi connectivity index (χ1) is 11.6. The highest BCUT2D eigenvalue weighted by molar-refractivity contribution is 7.10. The summed E-state index contributed by atoms with van der Waals surface area (Å²) in [6.07, 6.45) is 2.48. The molecular weight excluding hydrogens is 326 g/mol. The Hall–Kier alpha value is -1.15. The van der Waals surface area contributed by atoms with E-state index in [0.29, 0.717) is 32.3 Å². The van der Waals surface area contributed by atoms with Gasteiger partial charge in [-0.1, -0.05) is 6.07 Å². The van der Waals surface area contributed by atoms with Crippen LogP contribution in [0.25, 0.3) is 0 Å². The van der Waals surface area contributed by atoms with Gasteiger partial charge in [0, 0.05) is 24.6 Å². The molecule has 1 aromatic heterocycles. The van der Waals surface area contributed by atoms with Crippen LogP contribution in [0.5, 0.6) is 0 Å². The molecule has 0 amide bonds. The van der Waals surface area contributed by atoms with Gasteiger partial charge in [0.05, 0.1) is 25.9 Å². The number of ether oxygens (including phenoxy) is 2. The van der Waals surface area contributed by atoms with Crippen LogP contribution in [0, 0.1) is 0 Å². The minimum atomic E-state index is -0.952. The zero-order valence-electron chi connectivity index (χ0n) is 14.6. The molecule has 1 fully saturated rings. The molecule has 0 bridgehead atoms. The van der Waals surface area contributed by atoms with E-state index >= 15 is 0 Å². The zero-order chi connectivity index (χ0) is 17.3. The van der Waals surface area contributed by atoms with E-state index in [1.807, 2.05) is 24.4 Å². The molecule has 0 aromatic carbocycles. The second-order valence-electron chi connectivity index (χ2n) is 6.08. The van der Waals surface area contributed by atoms with Crippen LogP contribution in [0.3, 0.4) is 0 Å². The molecule has 2 rings (SSSR count). The Morgan fingerprint density at radius 2 is 2.42 bits per heavy atom. The van der Waals surface area contributed by atoms with Crippen molar-refractivity contribution in [2.75, 3.05) is 39.5 Å². The van der Waals surface area contributed by atoms with Crippen LogP contribution in [0.2, 0.25) is 0 Å². The van der Waals surface area contributed by atoms with Crippen molar-refractivity contribution in [3.8, 4) is 0 Å². The second-order valence-corrected chi connectivity index (χ2v) is 7.03. The monoisotopic (exact) mass is 355 g/mol. The molecule has 3 N–H and O–H groups in total. The molecule has 2 unspecified atom stereocenters. The van der Waals surface area contributed by atoms with Crippen LogP contribution in [0.15, 0.2) is 22.5 Å². The maximum absolute atomic E-state index is 10.5. The maximum atomic E-state index is 10.5. The molecular formula is C17H29N3O3S. The van der Waals surface area contributed by atoms with Crippen molar-refractivity contribution in [2.45, 2.75) is 38.4 Å². The number of aliphatic imine (C=N–C) groups is 1. The number of hydrogen-bond donors (Lipinski definition) is 3. The molecule has 24 heavy (non-hydrogen) atoms. The number of hydrogen-bond acceptors (Lipinski definition) is 5. The van der Waals surface area contributed by atoms with Crippen LogP contribution < -0.4 is 10.6 Å². The zero-order valence-corrected chi connectivity index (χ0v) is 15.4. The second kappa shape index (κ2) is 9.98. The van der Waals surface area contributed by atoms with E-state index in [1.54, 1.807) is 6.92 Å². The smallest absolute Gasteiger partial charge is 0.191 e. The molecule has 7 heteroatoms. The fourth-order valence-electron chi connectivity index (χ4n) is 2.47. The van der Waals surface area contributed by atoms with Crippen LogP contribution in [0.4, 0.5) is 0 Å². The first kappa shape index (κ1) is 19.2. The van der Waals surface area contributed by atoms with Crippen LogP contribution in [-0.2, 0) is 15.1 Å². The Labute approximate surface area is 148 Å². The summed E-state index contributed by atoms with van der Waals surface area (Å²) in [5.41, 5.74) is -0.952. The Kier molecular flexibility index (Phi) is 7.98. The minimum absolute atomic E-state index is 0.257. The van der Waals surface area contributed by atoms with E-state index in [1.165, 1.54) is 11.3 Å². The molecule has 2 atom stereocenters. The van der Waals surface area contributed by atoms with E-state index in [9.17, 15) is 5.11 Å². The molecule has 2 heterocycles. The lowest BCUT2D eigenvalue weighted by atomic mass is 10.1. The molecule has 0 aliphatic carbocycles. The molecule has 1 aromatic rings. The number of thiophene rings is 1. The number of nitrogens with one attached hydrogen (secondary N) is 2. The van der Waals surface area contributed by atoms with E-state index in [-0.39, 0.29) is 6.10 Å². The fraction of sp³-hybridized carbons (Fsp3) is 0.706. The highest BCUT2D eigenvalue weighted by atomic mass is 32.1. The molecule has 1 aliphatic heterocycles. The third-order valence-electron chi connectivity index (χ3n) is 3.81. The van der Waals surface area contributed by atoms with Gasteiger partial charge in [0.25, 0.3) is 0 Å². The van der Waals surface area contributed by atoms with E-state index in [0.717, 1.165) is 30.9 Å². The van der Waals surface area contributed by atoms with Crippen molar-refractivity contribution in [3.05, 3.63) is 22.4 Å². The standard InChI is InChI=1S/C17H29N3O3S/c1-3-18-16(19-8-10-22-12-14-6-4-9-23-14)20-13-17(2,21)15-7-5-11-24-15/h5,7,11,14,21H,3-4,6,8-10,12-13H2,1-2H3,(H2,18,19,20). The highest BCUT2D eigenvalue weighted by Gasteiger charge is 2.24. The number of nitrogens with zero attached hydrogens (tertiary/aromatic N) is 1. The summed E-state index contributed by atoms with van der Waals surface area (Å²) < 4.78 is 11.2. The predicted molar refractivity (Wildman–Crippen MR) is 97.7 cm³/mol. The molecule has 1 saturated heterocycles. The summed E-state index contributed by atoms with van der Waals surface area (Å²) in [5.74, 6) is 0.690. The van der Waals surface area contributed by atoms with Crippen molar-refractivity contribution in [1.82, 2.24) is 10.6 Å². The Morgan fingerprint density at radius 1 is 1.54 bits per heavy atom. The lowest BCUT2D eigenvalue weighted by molar-refractivity contribution is 0.0191. The normalized spacial score (nSPS) is 20.8. The fourth-order valence-corrected chi connectivity index (χ4v) is 3.25. The van der Waals surface area contributed by atoms with Gasteiger partial charge in [0.2, 0.25) is 0 Å². The lowest BCUT2D eigenvalue weighted by Gasteiger charge is -2.20. The quantitative estimate of drug-likeness (QED) is 0.357. The van der Waals surface area contributed by atoms with E-state index in [2.05, 4.69) is 15.6 Å². The Bertz CT molecular complexity index is 485. The largest absolute Gasteiger partial charge is 0.383 e. The van der Waals surface area contributed by atoms with Gasteiger partial charge in [-0.3, -0.25) is 0 Å². The van der Waals surface area contributed by atoms with Crippen LogP contribution >= 0.6 is 11.3 Å². The van der Waals surface area contributed by atoms with Gasteiger partial charge in [-0.05, 0) is 38.1 Å². The summed E-state index contributed by atoms with van der Waals surface area (Å²) >= 11 is 1.54. The molecule has 0 radical (unpaired) electrons.